The number of carbonyl (C=O) groups is 4. The molecule has 0 saturated carbocycles. The molecule has 0 spiro atoms. The fraction of sp³-hybridized carbons (Fsp3) is 0.656. The minimum absolute atomic E-state index is 0.0310. The largest absolute Gasteiger partial charge is 0.460 e. The second kappa shape index (κ2) is 17.8. The van der Waals surface area contributed by atoms with Gasteiger partial charge in [-0.3, -0.25) is 4.79 Å². The Hall–Kier alpha value is -3.41. The topological polar surface area (TPSA) is 141 Å². The lowest BCUT2D eigenvalue weighted by Crippen LogP contribution is -2.53. The summed E-state index contributed by atoms with van der Waals surface area (Å²) in [6.07, 6.45) is 0.944. The van der Waals surface area contributed by atoms with Gasteiger partial charge in [0, 0.05) is 13.0 Å². The molecule has 44 heavy (non-hydrogen) atoms. The molecule has 3 N–H and O–H groups in total. The van der Waals surface area contributed by atoms with Gasteiger partial charge in [-0.05, 0) is 106 Å². The molecule has 1 rings (SSSR count). The average molecular weight is 638 g/mol. The highest BCUT2D eigenvalue weighted by molar-refractivity contribution is 7.80. The zero-order chi connectivity index (χ0) is 33.6. The molecule has 0 aromatic heterocycles. The summed E-state index contributed by atoms with van der Waals surface area (Å²) < 4.78 is 21.7. The molecule has 0 unspecified atom stereocenters. The lowest BCUT2D eigenvalue weighted by atomic mass is 10.1. The van der Waals surface area contributed by atoms with Gasteiger partial charge >= 0.3 is 24.0 Å². The Morgan fingerprint density at radius 2 is 1.23 bits per heavy atom. The maximum Gasteiger partial charge on any atom is 0.407 e. The van der Waals surface area contributed by atoms with Crippen LogP contribution in [-0.4, -0.2) is 64.5 Å². The number of nitrogens with one attached hydrogen (secondary N) is 3. The minimum atomic E-state index is -0.966. The van der Waals surface area contributed by atoms with Crippen LogP contribution < -0.4 is 16.0 Å². The standard InChI is InChI=1S/C32H51N3O8S/c1-30(2,3)41-25(36)19-18-24(27(38)43-32(7,8)9)35-28(44)34-23(26(37)42-31(4,5)6)17-13-14-20-33-29(39)40-21-22-15-11-10-12-16-22/h10-12,15-16,23-24H,13-14,17-21H2,1-9H3,(H,33,39)(H2,34,35,44)/t23-,24-/m0/s1. The van der Waals surface area contributed by atoms with Crippen LogP contribution in [0.2, 0.25) is 0 Å². The van der Waals surface area contributed by atoms with E-state index in [1.807, 2.05) is 30.3 Å². The summed E-state index contributed by atoms with van der Waals surface area (Å²) in [5.74, 6) is -1.57. The van der Waals surface area contributed by atoms with E-state index in [-0.39, 0.29) is 24.6 Å². The van der Waals surface area contributed by atoms with E-state index >= 15 is 0 Å². The Morgan fingerprint density at radius 1 is 0.727 bits per heavy atom. The highest BCUT2D eigenvalue weighted by Crippen LogP contribution is 2.15. The van der Waals surface area contributed by atoms with Crippen molar-refractivity contribution in [3.8, 4) is 0 Å². The zero-order valence-corrected chi connectivity index (χ0v) is 28.5. The first kappa shape index (κ1) is 38.6. The molecule has 1 amide bonds. The summed E-state index contributed by atoms with van der Waals surface area (Å²) in [5, 5.41) is 8.60. The number of hydrogen-bond donors (Lipinski definition) is 3. The van der Waals surface area contributed by atoms with Crippen molar-refractivity contribution in [3.63, 3.8) is 0 Å². The second-order valence-electron chi connectivity index (χ2n) is 13.4. The Bertz CT molecular complexity index is 1090. The van der Waals surface area contributed by atoms with E-state index in [0.717, 1.165) is 5.56 Å². The third kappa shape index (κ3) is 19.0. The Balaban J connectivity index is 2.77. The summed E-state index contributed by atoms with van der Waals surface area (Å²) >= 11 is 5.47. The highest BCUT2D eigenvalue weighted by atomic mass is 32.1. The van der Waals surface area contributed by atoms with Crippen molar-refractivity contribution in [2.75, 3.05) is 6.54 Å². The fourth-order valence-electron chi connectivity index (χ4n) is 3.69. The zero-order valence-electron chi connectivity index (χ0n) is 27.7. The molecule has 0 bridgehead atoms. The van der Waals surface area contributed by atoms with Gasteiger partial charge in [0.05, 0.1) is 0 Å². The number of thiocarbonyl (C=S) groups is 1. The van der Waals surface area contributed by atoms with Crippen molar-refractivity contribution in [2.45, 2.75) is 130 Å². The molecule has 0 fully saturated rings. The number of amides is 1. The van der Waals surface area contributed by atoms with Gasteiger partial charge < -0.3 is 34.9 Å². The predicted octanol–water partition coefficient (Wildman–Crippen LogP) is 5.09. The summed E-state index contributed by atoms with van der Waals surface area (Å²) in [5.41, 5.74) is -1.28. The van der Waals surface area contributed by atoms with Crippen molar-refractivity contribution >= 4 is 41.3 Å². The molecule has 2 atom stereocenters. The molecule has 11 nitrogen and oxygen atoms in total. The van der Waals surface area contributed by atoms with E-state index in [1.54, 1.807) is 62.3 Å². The van der Waals surface area contributed by atoms with E-state index in [1.165, 1.54) is 0 Å². The molecule has 0 radical (unpaired) electrons. The summed E-state index contributed by atoms with van der Waals surface area (Å²) in [6.45, 7) is 16.3. The predicted molar refractivity (Wildman–Crippen MR) is 172 cm³/mol. The van der Waals surface area contributed by atoms with E-state index < -0.39 is 52.9 Å². The third-order valence-electron chi connectivity index (χ3n) is 5.45. The highest BCUT2D eigenvalue weighted by Gasteiger charge is 2.30. The van der Waals surface area contributed by atoms with Crippen LogP contribution in [0, 0.1) is 0 Å². The number of ether oxygens (including phenoxy) is 4. The van der Waals surface area contributed by atoms with Crippen molar-refractivity contribution < 1.29 is 38.1 Å². The minimum Gasteiger partial charge on any atom is -0.460 e. The van der Waals surface area contributed by atoms with E-state index in [9.17, 15) is 19.2 Å². The van der Waals surface area contributed by atoms with Gasteiger partial charge in [0.1, 0.15) is 35.5 Å². The number of benzene rings is 1. The van der Waals surface area contributed by atoms with E-state index in [4.69, 9.17) is 31.2 Å². The number of hydrogen-bond acceptors (Lipinski definition) is 9. The van der Waals surface area contributed by atoms with Crippen LogP contribution >= 0.6 is 12.2 Å². The number of carbonyl (C=O) groups excluding carboxylic acids is 4. The number of esters is 3. The maximum atomic E-state index is 13.0. The molecule has 248 valence electrons. The normalized spacial score (nSPS) is 13.1. The van der Waals surface area contributed by atoms with E-state index in [0.29, 0.717) is 25.8 Å². The quantitative estimate of drug-likeness (QED) is 0.109. The molecule has 0 saturated heterocycles. The van der Waals surface area contributed by atoms with Crippen molar-refractivity contribution in [3.05, 3.63) is 35.9 Å². The molecule has 12 heteroatoms. The molecule has 0 heterocycles. The Kier molecular flexibility index (Phi) is 15.6. The van der Waals surface area contributed by atoms with Crippen molar-refractivity contribution in [1.29, 1.82) is 0 Å². The molecular weight excluding hydrogens is 586 g/mol. The van der Waals surface area contributed by atoms with Gasteiger partial charge in [0.25, 0.3) is 0 Å². The Morgan fingerprint density at radius 3 is 1.73 bits per heavy atom. The van der Waals surface area contributed by atoms with Crippen molar-refractivity contribution in [1.82, 2.24) is 16.0 Å². The van der Waals surface area contributed by atoms with Crippen molar-refractivity contribution in [2.24, 2.45) is 0 Å². The van der Waals surface area contributed by atoms with Gasteiger partial charge in [-0.15, -0.1) is 0 Å². The van der Waals surface area contributed by atoms with Crippen LogP contribution in [0.5, 0.6) is 0 Å². The van der Waals surface area contributed by atoms with E-state index in [2.05, 4.69) is 16.0 Å². The first-order valence-electron chi connectivity index (χ1n) is 14.9. The van der Waals surface area contributed by atoms with Crippen LogP contribution in [0.15, 0.2) is 30.3 Å². The summed E-state index contributed by atoms with van der Waals surface area (Å²) in [4.78, 5) is 50.3. The molecule has 1 aromatic carbocycles. The number of alkyl carbamates (subject to hydrolysis) is 1. The monoisotopic (exact) mass is 637 g/mol. The van der Waals surface area contributed by atoms with Crippen LogP contribution in [0.1, 0.15) is 100.0 Å². The molecule has 0 aliphatic carbocycles. The maximum absolute atomic E-state index is 13.0. The van der Waals surface area contributed by atoms with Gasteiger partial charge in [0.2, 0.25) is 0 Å². The fourth-order valence-corrected chi connectivity index (χ4v) is 3.98. The van der Waals surface area contributed by atoms with Gasteiger partial charge in [-0.1, -0.05) is 30.3 Å². The van der Waals surface area contributed by atoms with Gasteiger partial charge in [0.15, 0.2) is 5.11 Å². The van der Waals surface area contributed by atoms with Crippen LogP contribution in [-0.2, 0) is 39.9 Å². The first-order valence-corrected chi connectivity index (χ1v) is 15.3. The number of rotatable bonds is 14. The SMILES string of the molecule is CC(C)(C)OC(=O)CC[C@H](NC(=S)N[C@@H](CCCCNC(=O)OCc1ccccc1)C(=O)OC(C)(C)C)C(=O)OC(C)(C)C. The van der Waals surface area contributed by atoms with Gasteiger partial charge in [-0.2, -0.15) is 0 Å². The molecular formula is C32H51N3O8S. The lowest BCUT2D eigenvalue weighted by molar-refractivity contribution is -0.159. The molecule has 0 aliphatic heterocycles. The smallest absolute Gasteiger partial charge is 0.407 e. The van der Waals surface area contributed by atoms with Crippen LogP contribution in [0.4, 0.5) is 4.79 Å². The van der Waals surface area contributed by atoms with Crippen LogP contribution in [0.25, 0.3) is 0 Å². The summed E-state index contributed by atoms with van der Waals surface area (Å²) in [7, 11) is 0. The Labute approximate surface area is 267 Å². The molecule has 0 aliphatic rings. The molecule has 1 aromatic rings. The summed E-state index contributed by atoms with van der Waals surface area (Å²) in [6, 6.07) is 7.57. The first-order chi connectivity index (χ1) is 20.2. The van der Waals surface area contributed by atoms with Crippen LogP contribution in [0.3, 0.4) is 0 Å². The van der Waals surface area contributed by atoms with Gasteiger partial charge in [-0.25, -0.2) is 14.4 Å². The third-order valence-corrected chi connectivity index (χ3v) is 5.69. The second-order valence-corrected chi connectivity index (χ2v) is 13.8. The number of unbranched alkanes of at least 4 members (excludes halogenated alkanes) is 1. The average Bonchev–Trinajstić information content (AvgIpc) is 2.86. The lowest BCUT2D eigenvalue weighted by Gasteiger charge is -2.28.